The van der Waals surface area contributed by atoms with Gasteiger partial charge in [-0.15, -0.1) is 0 Å². The summed E-state index contributed by atoms with van der Waals surface area (Å²) in [5.41, 5.74) is -1.29. The number of benzene rings is 1. The second kappa shape index (κ2) is 4.53. The van der Waals surface area contributed by atoms with Crippen LogP contribution < -0.4 is 4.72 Å². The Morgan fingerprint density at radius 3 is 2.06 bits per heavy atom. The molecule has 0 saturated heterocycles. The molecule has 0 bridgehead atoms. The maximum atomic E-state index is 10.8. The van der Waals surface area contributed by atoms with Crippen LogP contribution in [-0.4, -0.2) is 37.0 Å². The van der Waals surface area contributed by atoms with Gasteiger partial charge in [-0.3, -0.25) is 13.8 Å². The summed E-state index contributed by atoms with van der Waals surface area (Å²) in [7, 11) is -9.33. The van der Waals surface area contributed by atoms with Crippen LogP contribution in [0.4, 0.5) is 5.69 Å². The lowest BCUT2D eigenvalue weighted by atomic mass is 10.2. The van der Waals surface area contributed by atoms with Gasteiger partial charge in [0.15, 0.2) is 0 Å². The zero-order valence-electron chi connectivity index (χ0n) is 8.43. The van der Waals surface area contributed by atoms with Crippen LogP contribution >= 0.6 is 0 Å². The number of nitrogens with one attached hydrogen (secondary N) is 1. The Morgan fingerprint density at radius 2 is 1.67 bits per heavy atom. The molecular weight excluding hydrogens is 290 g/mol. The molecule has 0 aromatic heterocycles. The van der Waals surface area contributed by atoms with Gasteiger partial charge in [-0.25, -0.2) is 4.79 Å². The fraction of sp³-hybridized carbons (Fsp3) is 0. The van der Waals surface area contributed by atoms with Gasteiger partial charge in [0.2, 0.25) is 0 Å². The lowest BCUT2D eigenvalue weighted by molar-refractivity contribution is 0.0698. The molecule has 0 heterocycles. The number of carboxylic acids is 1. The summed E-state index contributed by atoms with van der Waals surface area (Å²) in [6, 6.07) is 2.10. The normalized spacial score (nSPS) is 12.1. The molecule has 0 fully saturated rings. The van der Waals surface area contributed by atoms with Crippen LogP contribution in [0.25, 0.3) is 0 Å². The van der Waals surface area contributed by atoms with E-state index < -0.39 is 42.5 Å². The lowest BCUT2D eigenvalue weighted by Crippen LogP contribution is -2.14. The van der Waals surface area contributed by atoms with E-state index >= 15 is 0 Å². The molecule has 0 radical (unpaired) electrons. The van der Waals surface area contributed by atoms with Crippen molar-refractivity contribution in [3.05, 3.63) is 23.8 Å². The Balaban J connectivity index is 3.44. The fourth-order valence-corrected chi connectivity index (χ4v) is 2.05. The van der Waals surface area contributed by atoms with E-state index in [2.05, 4.69) is 0 Å². The monoisotopic (exact) mass is 297 g/mol. The van der Waals surface area contributed by atoms with E-state index in [0.29, 0.717) is 6.07 Å². The Labute approximate surface area is 102 Å². The van der Waals surface area contributed by atoms with Crippen molar-refractivity contribution in [2.45, 2.75) is 4.90 Å². The minimum atomic E-state index is -4.71. The first-order chi connectivity index (χ1) is 8.00. The van der Waals surface area contributed by atoms with E-state index in [9.17, 15) is 21.6 Å². The van der Waals surface area contributed by atoms with Gasteiger partial charge >= 0.3 is 16.3 Å². The minimum Gasteiger partial charge on any atom is -0.478 e. The van der Waals surface area contributed by atoms with Crippen molar-refractivity contribution in [1.82, 2.24) is 0 Å². The van der Waals surface area contributed by atoms with E-state index in [-0.39, 0.29) is 0 Å². The van der Waals surface area contributed by atoms with Crippen LogP contribution in [0.2, 0.25) is 0 Å². The van der Waals surface area contributed by atoms with Gasteiger partial charge in [0.1, 0.15) is 0 Å². The van der Waals surface area contributed by atoms with Crippen molar-refractivity contribution in [1.29, 1.82) is 0 Å². The average Bonchev–Trinajstić information content (AvgIpc) is 2.13. The van der Waals surface area contributed by atoms with E-state index in [0.717, 1.165) is 12.1 Å². The fourth-order valence-electron chi connectivity index (χ4n) is 1.09. The zero-order chi connectivity index (χ0) is 14.1. The van der Waals surface area contributed by atoms with Crippen LogP contribution in [0.3, 0.4) is 0 Å². The van der Waals surface area contributed by atoms with Crippen LogP contribution in [0, 0.1) is 0 Å². The van der Waals surface area contributed by atoms with Gasteiger partial charge < -0.3 is 5.11 Å². The summed E-state index contributed by atoms with van der Waals surface area (Å²) in [5.74, 6) is -1.65. The second-order valence-corrected chi connectivity index (χ2v) is 5.64. The first kappa shape index (κ1) is 14.4. The summed E-state index contributed by atoms with van der Waals surface area (Å²) >= 11 is 0. The molecule has 11 heteroatoms. The predicted octanol–water partition coefficient (Wildman–Crippen LogP) is -0.154. The third-order valence-electron chi connectivity index (χ3n) is 1.76. The number of carbonyl (C=O) groups is 1. The molecular formula is C7H7NO8S2. The third-order valence-corrected chi connectivity index (χ3v) is 3.09. The molecule has 1 aromatic carbocycles. The highest BCUT2D eigenvalue weighted by molar-refractivity contribution is 7.87. The van der Waals surface area contributed by atoms with E-state index in [1.54, 1.807) is 0 Å². The number of rotatable bonds is 4. The summed E-state index contributed by atoms with van der Waals surface area (Å²) in [4.78, 5) is 10.1. The van der Waals surface area contributed by atoms with Crippen molar-refractivity contribution < 1.29 is 35.8 Å². The molecule has 0 atom stereocenters. The molecule has 0 aliphatic rings. The highest BCUT2D eigenvalue weighted by atomic mass is 32.2. The Hall–Kier alpha value is -1.69. The highest BCUT2D eigenvalue weighted by Crippen LogP contribution is 2.21. The average molecular weight is 297 g/mol. The lowest BCUT2D eigenvalue weighted by Gasteiger charge is -2.07. The molecule has 0 spiro atoms. The molecule has 18 heavy (non-hydrogen) atoms. The molecule has 0 saturated carbocycles. The third kappa shape index (κ3) is 3.66. The van der Waals surface area contributed by atoms with Crippen molar-refractivity contribution in [2.75, 3.05) is 4.72 Å². The number of aromatic carboxylic acids is 1. The highest BCUT2D eigenvalue weighted by Gasteiger charge is 2.18. The van der Waals surface area contributed by atoms with Crippen LogP contribution in [0.5, 0.6) is 0 Å². The first-order valence-electron chi connectivity index (χ1n) is 4.11. The Morgan fingerprint density at radius 1 is 1.11 bits per heavy atom. The number of hydrogen-bond acceptors (Lipinski definition) is 5. The standard InChI is InChI=1S/C7H7NO8S2/c9-7(10)5-3-4(17(11,12)13)1-2-6(5)8-18(14,15)16/h1-3,8H,(H,9,10)(H,11,12,13)(H,14,15,16). The molecule has 0 amide bonds. The Bertz CT molecular complexity index is 690. The minimum absolute atomic E-state index is 0.544. The SMILES string of the molecule is O=C(O)c1cc(S(=O)(=O)O)ccc1NS(=O)(=O)O. The van der Waals surface area contributed by atoms with Crippen LogP contribution in [0.1, 0.15) is 10.4 Å². The largest absolute Gasteiger partial charge is 0.478 e. The maximum absolute atomic E-state index is 10.8. The molecule has 0 unspecified atom stereocenters. The van der Waals surface area contributed by atoms with Gasteiger partial charge in [-0.1, -0.05) is 0 Å². The number of carboxylic acid groups (broad SMARTS) is 1. The van der Waals surface area contributed by atoms with Gasteiger partial charge in [0.25, 0.3) is 10.1 Å². The second-order valence-electron chi connectivity index (χ2n) is 3.06. The molecule has 100 valence electrons. The van der Waals surface area contributed by atoms with Gasteiger partial charge in [0.05, 0.1) is 16.1 Å². The summed E-state index contributed by atoms with van der Waals surface area (Å²) in [6.45, 7) is 0. The van der Waals surface area contributed by atoms with Gasteiger partial charge in [-0.2, -0.15) is 16.8 Å². The molecule has 4 N–H and O–H groups in total. The Kier molecular flexibility index (Phi) is 3.62. The molecule has 1 rings (SSSR count). The summed E-state index contributed by atoms with van der Waals surface area (Å²) < 4.78 is 61.3. The molecule has 9 nitrogen and oxygen atoms in total. The van der Waals surface area contributed by atoms with Gasteiger partial charge in [-0.05, 0) is 18.2 Å². The molecule has 0 aliphatic heterocycles. The number of hydrogen-bond donors (Lipinski definition) is 4. The van der Waals surface area contributed by atoms with Gasteiger partial charge in [0, 0.05) is 0 Å². The van der Waals surface area contributed by atoms with Crippen molar-refractivity contribution >= 4 is 32.1 Å². The van der Waals surface area contributed by atoms with E-state index in [1.807, 2.05) is 0 Å². The number of anilines is 1. The van der Waals surface area contributed by atoms with E-state index in [1.165, 1.54) is 4.72 Å². The summed E-state index contributed by atoms with van der Waals surface area (Å²) in [5, 5.41) is 8.76. The quantitative estimate of drug-likeness (QED) is 0.558. The zero-order valence-corrected chi connectivity index (χ0v) is 10.1. The summed E-state index contributed by atoms with van der Waals surface area (Å²) in [6.07, 6.45) is 0. The molecule has 1 aromatic rings. The smallest absolute Gasteiger partial charge is 0.357 e. The predicted molar refractivity (Wildman–Crippen MR) is 58.4 cm³/mol. The molecule has 0 aliphatic carbocycles. The van der Waals surface area contributed by atoms with Crippen LogP contribution in [-0.2, 0) is 20.4 Å². The van der Waals surface area contributed by atoms with Crippen molar-refractivity contribution in [2.24, 2.45) is 0 Å². The van der Waals surface area contributed by atoms with Crippen LogP contribution in [0.15, 0.2) is 23.1 Å². The topological polar surface area (TPSA) is 158 Å². The van der Waals surface area contributed by atoms with E-state index in [4.69, 9.17) is 14.2 Å². The first-order valence-corrected chi connectivity index (χ1v) is 6.99. The van der Waals surface area contributed by atoms with Crippen molar-refractivity contribution in [3.63, 3.8) is 0 Å². The maximum Gasteiger partial charge on any atom is 0.357 e. The van der Waals surface area contributed by atoms with Crippen molar-refractivity contribution in [3.8, 4) is 0 Å².